The Morgan fingerprint density at radius 1 is 1.04 bits per heavy atom. The van der Waals surface area contributed by atoms with Crippen LogP contribution in [-0.2, 0) is 4.79 Å². The van der Waals surface area contributed by atoms with Crippen molar-refractivity contribution in [1.82, 2.24) is 10.7 Å². The Bertz CT molecular complexity index is 740. The van der Waals surface area contributed by atoms with Crippen LogP contribution in [0.2, 0.25) is 5.02 Å². The van der Waals surface area contributed by atoms with Gasteiger partial charge in [0.25, 0.3) is 11.8 Å². The van der Waals surface area contributed by atoms with Gasteiger partial charge in [0.2, 0.25) is 0 Å². The fourth-order valence-electron chi connectivity index (χ4n) is 1.77. The van der Waals surface area contributed by atoms with Crippen LogP contribution in [0.15, 0.2) is 54.2 Å². The van der Waals surface area contributed by atoms with E-state index in [1.807, 2.05) is 5.43 Å². The number of phenolic OH excluding ortho intramolecular Hbond substituents is 1. The number of carbonyl (C=O) groups excluding carboxylic acids is 2. The topological polar surface area (TPSA) is 104 Å². The van der Waals surface area contributed by atoms with Crippen LogP contribution < -0.4 is 16.6 Å². The average Bonchev–Trinajstić information content (AvgIpc) is 2.56. The van der Waals surface area contributed by atoms with Gasteiger partial charge in [0.1, 0.15) is 11.4 Å². The molecular formula is C16H14ClN3O3. The van der Waals surface area contributed by atoms with Crippen LogP contribution in [0.3, 0.4) is 0 Å². The minimum Gasteiger partial charge on any atom is -0.508 e. The first-order valence-corrected chi connectivity index (χ1v) is 6.96. The number of nitrogens with one attached hydrogen (secondary N) is 2. The first kappa shape index (κ1) is 16.5. The van der Waals surface area contributed by atoms with Crippen molar-refractivity contribution in [2.24, 2.45) is 5.84 Å². The third-order valence-corrected chi connectivity index (χ3v) is 3.19. The van der Waals surface area contributed by atoms with Crippen molar-refractivity contribution in [1.29, 1.82) is 0 Å². The predicted octanol–water partition coefficient (Wildman–Crippen LogP) is 1.81. The average molecular weight is 332 g/mol. The van der Waals surface area contributed by atoms with E-state index >= 15 is 0 Å². The standard InChI is InChI=1S/C16H14ClN3O3/c17-12-5-3-11(4-6-12)15(22)19-14(16(23)20-18)9-10-1-7-13(21)8-2-10/h1-9,21H,18H2,(H,19,22)(H,20,23). The summed E-state index contributed by atoms with van der Waals surface area (Å²) in [6.07, 6.45) is 1.44. The van der Waals surface area contributed by atoms with Crippen LogP contribution >= 0.6 is 11.6 Å². The first-order chi connectivity index (χ1) is 11.0. The van der Waals surface area contributed by atoms with Crippen molar-refractivity contribution in [3.63, 3.8) is 0 Å². The minimum atomic E-state index is -0.652. The Hall–Kier alpha value is -2.83. The van der Waals surface area contributed by atoms with Crippen molar-refractivity contribution < 1.29 is 14.7 Å². The summed E-state index contributed by atoms with van der Waals surface area (Å²) in [4.78, 5) is 24.0. The van der Waals surface area contributed by atoms with Crippen LogP contribution in [-0.4, -0.2) is 16.9 Å². The SMILES string of the molecule is NNC(=O)C(=Cc1ccc(O)cc1)NC(=O)c1ccc(Cl)cc1. The number of hydrogen-bond donors (Lipinski definition) is 4. The molecule has 0 bridgehead atoms. The second-order valence-electron chi connectivity index (χ2n) is 4.58. The number of phenols is 1. The zero-order valence-corrected chi connectivity index (χ0v) is 12.7. The molecule has 0 aliphatic carbocycles. The molecule has 2 aromatic carbocycles. The van der Waals surface area contributed by atoms with Crippen LogP contribution in [0.4, 0.5) is 0 Å². The van der Waals surface area contributed by atoms with E-state index in [0.29, 0.717) is 16.1 Å². The van der Waals surface area contributed by atoms with Gasteiger partial charge in [-0.05, 0) is 48.0 Å². The van der Waals surface area contributed by atoms with Gasteiger partial charge >= 0.3 is 0 Å². The molecule has 23 heavy (non-hydrogen) atoms. The summed E-state index contributed by atoms with van der Waals surface area (Å²) < 4.78 is 0. The number of benzene rings is 2. The van der Waals surface area contributed by atoms with E-state index in [-0.39, 0.29) is 11.4 Å². The summed E-state index contributed by atoms with van der Waals surface area (Å²) in [5, 5.41) is 12.3. The molecule has 0 heterocycles. The highest BCUT2D eigenvalue weighted by atomic mass is 35.5. The van der Waals surface area contributed by atoms with Crippen LogP contribution in [0.1, 0.15) is 15.9 Å². The number of nitrogens with two attached hydrogens (primary N) is 1. The highest BCUT2D eigenvalue weighted by Gasteiger charge is 2.13. The molecule has 2 rings (SSSR count). The van der Waals surface area contributed by atoms with Gasteiger partial charge in [-0.1, -0.05) is 23.7 Å². The maximum atomic E-state index is 12.2. The molecule has 118 valence electrons. The monoisotopic (exact) mass is 331 g/mol. The number of rotatable bonds is 4. The number of halogens is 1. The molecule has 0 fully saturated rings. The fraction of sp³-hybridized carbons (Fsp3) is 0. The van der Waals surface area contributed by atoms with Crippen molar-refractivity contribution in [2.45, 2.75) is 0 Å². The molecule has 5 N–H and O–H groups in total. The van der Waals surface area contributed by atoms with E-state index < -0.39 is 11.8 Å². The summed E-state index contributed by atoms with van der Waals surface area (Å²) >= 11 is 5.77. The van der Waals surface area contributed by atoms with E-state index in [9.17, 15) is 14.7 Å². The van der Waals surface area contributed by atoms with E-state index in [1.54, 1.807) is 24.3 Å². The molecule has 0 saturated heterocycles. The largest absolute Gasteiger partial charge is 0.508 e. The van der Waals surface area contributed by atoms with Crippen LogP contribution in [0, 0.1) is 0 Å². The summed E-state index contributed by atoms with van der Waals surface area (Å²) in [5.74, 6) is 4.10. The lowest BCUT2D eigenvalue weighted by atomic mass is 10.1. The highest BCUT2D eigenvalue weighted by molar-refractivity contribution is 6.30. The zero-order chi connectivity index (χ0) is 16.8. The molecule has 2 amide bonds. The van der Waals surface area contributed by atoms with Gasteiger partial charge in [-0.2, -0.15) is 0 Å². The predicted molar refractivity (Wildman–Crippen MR) is 87.3 cm³/mol. The van der Waals surface area contributed by atoms with E-state index in [1.165, 1.54) is 30.3 Å². The molecule has 0 aliphatic heterocycles. The number of hydrazine groups is 1. The van der Waals surface area contributed by atoms with Crippen LogP contribution in [0.5, 0.6) is 5.75 Å². The molecule has 0 saturated carbocycles. The smallest absolute Gasteiger partial charge is 0.281 e. The number of aromatic hydroxyl groups is 1. The Morgan fingerprint density at radius 3 is 2.22 bits per heavy atom. The van der Waals surface area contributed by atoms with Gasteiger partial charge in [-0.15, -0.1) is 0 Å². The van der Waals surface area contributed by atoms with Crippen molar-refractivity contribution in [3.05, 3.63) is 70.4 Å². The molecule has 0 aromatic heterocycles. The lowest BCUT2D eigenvalue weighted by Gasteiger charge is -2.09. The second-order valence-corrected chi connectivity index (χ2v) is 5.02. The molecule has 0 atom stereocenters. The number of amides is 2. The summed E-state index contributed by atoms with van der Waals surface area (Å²) in [6, 6.07) is 12.3. The quantitative estimate of drug-likeness (QED) is 0.297. The van der Waals surface area contributed by atoms with Crippen molar-refractivity contribution in [2.75, 3.05) is 0 Å². The summed E-state index contributed by atoms with van der Waals surface area (Å²) in [7, 11) is 0. The van der Waals surface area contributed by atoms with Crippen molar-refractivity contribution in [3.8, 4) is 5.75 Å². The third-order valence-electron chi connectivity index (χ3n) is 2.93. The molecule has 0 spiro atoms. The number of carbonyl (C=O) groups is 2. The molecule has 0 unspecified atom stereocenters. The van der Waals surface area contributed by atoms with E-state index in [2.05, 4.69) is 5.32 Å². The van der Waals surface area contributed by atoms with E-state index in [0.717, 1.165) is 0 Å². The van der Waals surface area contributed by atoms with Gasteiger partial charge in [0.05, 0.1) is 0 Å². The lowest BCUT2D eigenvalue weighted by molar-refractivity contribution is -0.117. The zero-order valence-electron chi connectivity index (χ0n) is 11.9. The van der Waals surface area contributed by atoms with Crippen molar-refractivity contribution >= 4 is 29.5 Å². The second kappa shape index (κ2) is 7.44. The molecule has 6 nitrogen and oxygen atoms in total. The number of hydrogen-bond acceptors (Lipinski definition) is 4. The first-order valence-electron chi connectivity index (χ1n) is 6.58. The summed E-state index contributed by atoms with van der Waals surface area (Å²) in [6.45, 7) is 0. The molecule has 7 heteroatoms. The molecule has 0 radical (unpaired) electrons. The Kier molecular flexibility index (Phi) is 5.35. The minimum absolute atomic E-state index is 0.0295. The lowest BCUT2D eigenvalue weighted by Crippen LogP contribution is -2.38. The maximum absolute atomic E-state index is 12.2. The molecular weight excluding hydrogens is 318 g/mol. The van der Waals surface area contributed by atoms with Crippen LogP contribution in [0.25, 0.3) is 6.08 Å². The Balaban J connectivity index is 2.25. The normalized spacial score (nSPS) is 11.0. The third kappa shape index (κ3) is 4.57. The maximum Gasteiger partial charge on any atom is 0.281 e. The molecule has 2 aromatic rings. The van der Waals surface area contributed by atoms with Gasteiger partial charge in [-0.25, -0.2) is 5.84 Å². The molecule has 0 aliphatic rings. The van der Waals surface area contributed by atoms with E-state index in [4.69, 9.17) is 17.4 Å². The van der Waals surface area contributed by atoms with Gasteiger partial charge in [0, 0.05) is 10.6 Å². The Morgan fingerprint density at radius 2 is 1.65 bits per heavy atom. The van der Waals surface area contributed by atoms with Gasteiger partial charge in [0.15, 0.2) is 0 Å². The summed E-state index contributed by atoms with van der Waals surface area (Å²) in [5.41, 5.74) is 2.89. The van der Waals surface area contributed by atoms with Gasteiger partial charge in [-0.3, -0.25) is 15.0 Å². The fourth-order valence-corrected chi connectivity index (χ4v) is 1.90. The van der Waals surface area contributed by atoms with Gasteiger partial charge < -0.3 is 10.4 Å². The Labute approximate surface area is 137 Å². The highest BCUT2D eigenvalue weighted by Crippen LogP contribution is 2.13.